The summed E-state index contributed by atoms with van der Waals surface area (Å²) < 4.78 is 9.12. The fourth-order valence-electron chi connectivity index (χ4n) is 6.75. The van der Waals surface area contributed by atoms with Crippen LogP contribution in [0, 0.1) is 0 Å². The number of aromatic nitrogens is 2. The van der Waals surface area contributed by atoms with Gasteiger partial charge in [0.15, 0.2) is 0 Å². The van der Waals surface area contributed by atoms with Crippen LogP contribution < -0.4 is 14.5 Å². The van der Waals surface area contributed by atoms with Gasteiger partial charge in [0.05, 0.1) is 29.1 Å². The van der Waals surface area contributed by atoms with Gasteiger partial charge >= 0.3 is 0 Å². The summed E-state index contributed by atoms with van der Waals surface area (Å²) >= 11 is 0. The molecule has 0 fully saturated rings. The molecule has 5 nitrogen and oxygen atoms in total. The molecule has 0 saturated carbocycles. The van der Waals surface area contributed by atoms with E-state index in [9.17, 15) is 0 Å². The van der Waals surface area contributed by atoms with Crippen LogP contribution in [-0.2, 0) is 16.2 Å². The van der Waals surface area contributed by atoms with E-state index in [-0.39, 0.29) is 16.2 Å². The second-order valence-electron chi connectivity index (χ2n) is 16.5. The summed E-state index contributed by atoms with van der Waals surface area (Å²) in [5.41, 5.74) is 9.55. The minimum absolute atomic E-state index is 0.00172. The summed E-state index contributed by atoms with van der Waals surface area (Å²) in [5, 5.41) is 2.39. The molecular weight excluding hydrogens is 589 g/mol. The van der Waals surface area contributed by atoms with Gasteiger partial charge in [-0.1, -0.05) is 86.6 Å². The second kappa shape index (κ2) is 11.2. The van der Waals surface area contributed by atoms with Crippen molar-refractivity contribution in [2.24, 2.45) is 0 Å². The Kier molecular flexibility index (Phi) is 7.39. The number of ether oxygens (including phenoxy) is 1. The molecule has 48 heavy (non-hydrogen) atoms. The largest absolute Gasteiger partial charge is 0.457 e. The summed E-state index contributed by atoms with van der Waals surface area (Å²) in [5.74, 6) is 2.54. The zero-order valence-corrected chi connectivity index (χ0v) is 30.1. The van der Waals surface area contributed by atoms with Crippen LogP contribution in [0.2, 0.25) is 0 Å². The number of para-hydroxylation sites is 2. The van der Waals surface area contributed by atoms with Gasteiger partial charge in [0.25, 0.3) is 0 Å². The van der Waals surface area contributed by atoms with Crippen molar-refractivity contribution >= 4 is 38.9 Å². The number of fused-ring (bicyclic) bond motifs is 4. The van der Waals surface area contributed by atoms with Gasteiger partial charge in [0.1, 0.15) is 17.3 Å². The first-order valence-electron chi connectivity index (χ1n) is 17.0. The molecule has 4 aromatic carbocycles. The van der Waals surface area contributed by atoms with Crippen LogP contribution >= 0.6 is 0 Å². The number of hydrogen-bond donors (Lipinski definition) is 0. The van der Waals surface area contributed by atoms with E-state index in [1.807, 2.05) is 6.20 Å². The number of nitrogens with zero attached hydrogens (tertiary/aromatic N) is 4. The maximum absolute atomic E-state index is 6.81. The quantitative estimate of drug-likeness (QED) is 0.193. The number of rotatable bonds is 4. The van der Waals surface area contributed by atoms with Crippen LogP contribution in [0.25, 0.3) is 27.6 Å². The lowest BCUT2D eigenvalue weighted by molar-refractivity contribution is 0.479. The lowest BCUT2D eigenvalue weighted by Gasteiger charge is -2.25. The molecule has 1 aliphatic heterocycles. The molecule has 0 radical (unpaired) electrons. The van der Waals surface area contributed by atoms with Crippen LogP contribution in [0.1, 0.15) is 79.0 Å². The Hall–Kier alpha value is -4.77. The average molecular weight is 637 g/mol. The molecule has 1 aliphatic rings. The Morgan fingerprint density at radius 2 is 1.21 bits per heavy atom. The second-order valence-corrected chi connectivity index (χ2v) is 16.5. The highest BCUT2D eigenvalue weighted by Gasteiger charge is 2.27. The van der Waals surface area contributed by atoms with E-state index in [0.29, 0.717) is 0 Å². The number of benzene rings is 4. The van der Waals surface area contributed by atoms with Crippen molar-refractivity contribution in [1.82, 2.24) is 9.55 Å². The Labute approximate surface area is 285 Å². The van der Waals surface area contributed by atoms with E-state index in [1.165, 1.54) is 38.8 Å². The van der Waals surface area contributed by atoms with Gasteiger partial charge in [-0.25, -0.2) is 4.98 Å². The lowest BCUT2D eigenvalue weighted by Crippen LogP contribution is -2.24. The molecule has 0 atom stereocenters. The van der Waals surface area contributed by atoms with Gasteiger partial charge in [0, 0.05) is 41.8 Å². The summed E-state index contributed by atoms with van der Waals surface area (Å²) in [4.78, 5) is 9.60. The third-order valence-corrected chi connectivity index (χ3v) is 9.69. The highest BCUT2D eigenvalue weighted by molar-refractivity contribution is 6.09. The van der Waals surface area contributed by atoms with Crippen molar-refractivity contribution in [3.63, 3.8) is 0 Å². The predicted octanol–water partition coefficient (Wildman–Crippen LogP) is 11.4. The molecule has 0 unspecified atom stereocenters. The van der Waals surface area contributed by atoms with Crippen LogP contribution in [-0.4, -0.2) is 23.3 Å². The van der Waals surface area contributed by atoms with E-state index in [2.05, 4.69) is 175 Å². The monoisotopic (exact) mass is 636 g/mol. The Balaban J connectivity index is 1.38. The molecule has 0 aliphatic carbocycles. The molecule has 3 heterocycles. The smallest absolute Gasteiger partial charge is 0.137 e. The topological polar surface area (TPSA) is 33.5 Å². The highest BCUT2D eigenvalue weighted by atomic mass is 16.5. The number of pyridine rings is 1. The summed E-state index contributed by atoms with van der Waals surface area (Å²) in [6.07, 6.45) is 1.94. The molecule has 0 N–H and O–H groups in total. The first-order valence-corrected chi connectivity index (χ1v) is 17.0. The van der Waals surface area contributed by atoms with Crippen molar-refractivity contribution in [3.8, 4) is 17.3 Å². The molecule has 7 rings (SSSR count). The van der Waals surface area contributed by atoms with Crippen molar-refractivity contribution in [2.45, 2.75) is 78.6 Å². The van der Waals surface area contributed by atoms with E-state index in [4.69, 9.17) is 9.72 Å². The summed E-state index contributed by atoms with van der Waals surface area (Å²) in [6, 6.07) is 33.0. The van der Waals surface area contributed by atoms with Crippen LogP contribution in [0.4, 0.5) is 17.1 Å². The van der Waals surface area contributed by atoms with Gasteiger partial charge < -0.3 is 14.5 Å². The van der Waals surface area contributed by atoms with Gasteiger partial charge in [-0.05, 0) is 87.5 Å². The highest BCUT2D eigenvalue weighted by Crippen LogP contribution is 2.43. The zero-order valence-electron chi connectivity index (χ0n) is 30.1. The van der Waals surface area contributed by atoms with Crippen molar-refractivity contribution in [1.29, 1.82) is 0 Å². The standard InChI is InChI=1S/C43H48N4O/c1-41(2,3)28-15-17-34-35-18-16-32(26-39(35)47(38(34)23-28)40-24-29(19-20-44-40)42(4,5)6)48-33-22-30(43(7,8)9)21-31(25-33)46-27-45(10)36-13-11-12-14-37(36)46/h11-26H,27H2,1-10H3. The lowest BCUT2D eigenvalue weighted by atomic mass is 9.86. The fraction of sp³-hybridized carbons (Fsp3) is 0.326. The summed E-state index contributed by atoms with van der Waals surface area (Å²) in [6.45, 7) is 21.1. The normalized spacial score (nSPS) is 13.9. The minimum Gasteiger partial charge on any atom is -0.457 e. The molecule has 6 aromatic rings. The van der Waals surface area contributed by atoms with Crippen molar-refractivity contribution < 1.29 is 4.74 Å². The molecule has 246 valence electrons. The van der Waals surface area contributed by atoms with Gasteiger partial charge in [-0.2, -0.15) is 0 Å². The average Bonchev–Trinajstić information content (AvgIpc) is 3.53. The molecule has 0 bridgehead atoms. The van der Waals surface area contributed by atoms with Crippen molar-refractivity contribution in [2.75, 3.05) is 23.5 Å². The molecular formula is C43H48N4O. The zero-order chi connectivity index (χ0) is 34.2. The van der Waals surface area contributed by atoms with Gasteiger partial charge in [0.2, 0.25) is 0 Å². The third kappa shape index (κ3) is 5.70. The van der Waals surface area contributed by atoms with Crippen molar-refractivity contribution in [3.05, 3.63) is 114 Å². The van der Waals surface area contributed by atoms with E-state index in [0.717, 1.165) is 40.7 Å². The Morgan fingerprint density at radius 3 is 1.90 bits per heavy atom. The number of hydrogen-bond acceptors (Lipinski definition) is 4. The molecule has 0 saturated heterocycles. The molecule has 2 aromatic heterocycles. The van der Waals surface area contributed by atoms with E-state index >= 15 is 0 Å². The Morgan fingerprint density at radius 1 is 0.583 bits per heavy atom. The predicted molar refractivity (Wildman–Crippen MR) is 203 cm³/mol. The minimum atomic E-state index is -0.0514. The SMILES string of the molecule is CN1CN(c2cc(Oc3ccc4c5ccc(C(C)(C)C)cc5n(-c5cc(C(C)(C)C)ccn5)c4c3)cc(C(C)(C)C)c2)c2ccccc21. The first kappa shape index (κ1) is 31.8. The molecule has 0 spiro atoms. The van der Waals surface area contributed by atoms with Crippen LogP contribution in [0.3, 0.4) is 0 Å². The fourth-order valence-corrected chi connectivity index (χ4v) is 6.75. The van der Waals surface area contributed by atoms with Crippen LogP contribution in [0.5, 0.6) is 11.5 Å². The van der Waals surface area contributed by atoms with Gasteiger partial charge in [-0.3, -0.25) is 4.57 Å². The van der Waals surface area contributed by atoms with Gasteiger partial charge in [-0.15, -0.1) is 0 Å². The summed E-state index contributed by atoms with van der Waals surface area (Å²) in [7, 11) is 2.15. The number of anilines is 3. The van der Waals surface area contributed by atoms with Crippen LogP contribution in [0.15, 0.2) is 97.2 Å². The van der Waals surface area contributed by atoms with E-state index in [1.54, 1.807) is 0 Å². The maximum atomic E-state index is 6.81. The molecule has 5 heteroatoms. The Bertz CT molecular complexity index is 2170. The third-order valence-electron chi connectivity index (χ3n) is 9.69. The van der Waals surface area contributed by atoms with E-state index < -0.39 is 0 Å². The maximum Gasteiger partial charge on any atom is 0.137 e. The molecule has 0 amide bonds. The first-order chi connectivity index (χ1) is 22.6.